The number of fused-ring (bicyclic) bond motifs is 1. The van der Waals surface area contributed by atoms with E-state index in [9.17, 15) is 9.90 Å². The second-order valence-corrected chi connectivity index (χ2v) is 9.58. The van der Waals surface area contributed by atoms with Crippen LogP contribution in [0.25, 0.3) is 5.82 Å². The van der Waals surface area contributed by atoms with Gasteiger partial charge in [-0.1, -0.05) is 13.8 Å². The molecular weight excluding hydrogens is 446 g/mol. The van der Waals surface area contributed by atoms with E-state index in [-0.39, 0.29) is 17.6 Å². The van der Waals surface area contributed by atoms with Crippen molar-refractivity contribution in [2.24, 2.45) is 5.92 Å². The van der Waals surface area contributed by atoms with Crippen LogP contribution >= 0.6 is 0 Å². The number of likely N-dealkylation sites (N-methyl/N-ethyl adjacent to an activating group) is 1. The molecule has 2 aliphatic rings. The average molecular weight is 478 g/mol. The van der Waals surface area contributed by atoms with E-state index in [0.29, 0.717) is 38.0 Å². The van der Waals surface area contributed by atoms with E-state index in [2.05, 4.69) is 25.3 Å². The zero-order chi connectivity index (χ0) is 24.7. The van der Waals surface area contributed by atoms with Gasteiger partial charge in [-0.05, 0) is 30.7 Å². The second kappa shape index (κ2) is 9.37. The van der Waals surface area contributed by atoms with Gasteiger partial charge in [0.2, 0.25) is 5.95 Å². The maximum atomic E-state index is 12.8. The van der Waals surface area contributed by atoms with Gasteiger partial charge in [0, 0.05) is 54.9 Å². The van der Waals surface area contributed by atoms with Gasteiger partial charge < -0.3 is 15.3 Å². The molecule has 0 bridgehead atoms. The number of hydrogen-bond donors (Lipinski definition) is 2. The fourth-order valence-corrected chi connectivity index (χ4v) is 4.64. The van der Waals surface area contributed by atoms with E-state index in [1.54, 1.807) is 22.0 Å². The van der Waals surface area contributed by atoms with Crippen LogP contribution in [-0.4, -0.2) is 68.5 Å². The first-order valence-corrected chi connectivity index (χ1v) is 11.9. The van der Waals surface area contributed by atoms with Crippen molar-refractivity contribution in [1.29, 1.82) is 0 Å². The van der Waals surface area contributed by atoms with Crippen molar-refractivity contribution < 1.29 is 14.7 Å². The number of rotatable bonds is 7. The van der Waals surface area contributed by atoms with Crippen LogP contribution in [0.1, 0.15) is 36.6 Å². The van der Waals surface area contributed by atoms with E-state index in [1.807, 2.05) is 52.2 Å². The van der Waals surface area contributed by atoms with E-state index < -0.39 is 6.10 Å². The van der Waals surface area contributed by atoms with Gasteiger partial charge in [-0.3, -0.25) is 9.63 Å². The SMILES string of the molecule is Cc1nn(-c2ccnc(Nc3ccc4c(c3)C(C(=O)C(C)C)CN4C)n2)cc1CN1CC(O)CO1. The third-order valence-corrected chi connectivity index (χ3v) is 6.53. The van der Waals surface area contributed by atoms with Crippen LogP contribution in [0, 0.1) is 12.8 Å². The Bertz CT molecular complexity index is 1240. The molecule has 0 amide bonds. The molecule has 0 radical (unpaired) electrons. The van der Waals surface area contributed by atoms with Crippen molar-refractivity contribution in [3.05, 3.63) is 53.5 Å². The molecule has 1 aromatic carbocycles. The molecule has 0 aliphatic carbocycles. The van der Waals surface area contributed by atoms with Crippen molar-refractivity contribution in [1.82, 2.24) is 24.8 Å². The van der Waals surface area contributed by atoms with Crippen molar-refractivity contribution in [3.63, 3.8) is 0 Å². The summed E-state index contributed by atoms with van der Waals surface area (Å²) in [7, 11) is 2.02. The van der Waals surface area contributed by atoms with Crippen LogP contribution in [0.15, 0.2) is 36.7 Å². The molecule has 35 heavy (non-hydrogen) atoms. The van der Waals surface area contributed by atoms with E-state index in [0.717, 1.165) is 28.2 Å². The molecule has 1 saturated heterocycles. The van der Waals surface area contributed by atoms with E-state index >= 15 is 0 Å². The highest BCUT2D eigenvalue weighted by atomic mass is 16.7. The lowest BCUT2D eigenvalue weighted by atomic mass is 9.90. The lowest BCUT2D eigenvalue weighted by molar-refractivity contribution is -0.123. The zero-order valence-electron chi connectivity index (χ0n) is 20.5. The molecule has 10 heteroatoms. The fraction of sp³-hybridized carbons (Fsp3) is 0.440. The van der Waals surface area contributed by atoms with Crippen molar-refractivity contribution in [2.45, 2.75) is 39.3 Å². The third-order valence-electron chi connectivity index (χ3n) is 6.53. The molecule has 5 rings (SSSR count). The van der Waals surface area contributed by atoms with E-state index in [1.165, 1.54) is 0 Å². The number of nitrogens with zero attached hydrogens (tertiary/aromatic N) is 6. The largest absolute Gasteiger partial charge is 0.389 e. The summed E-state index contributed by atoms with van der Waals surface area (Å²) in [4.78, 5) is 29.4. The number of aromatic nitrogens is 4. The summed E-state index contributed by atoms with van der Waals surface area (Å²) < 4.78 is 1.72. The maximum absolute atomic E-state index is 12.8. The van der Waals surface area contributed by atoms with Gasteiger partial charge in [0.1, 0.15) is 5.78 Å². The Morgan fingerprint density at radius 2 is 2.11 bits per heavy atom. The Balaban J connectivity index is 1.35. The highest BCUT2D eigenvalue weighted by Crippen LogP contribution is 2.39. The number of carbonyl (C=O) groups is 1. The quantitative estimate of drug-likeness (QED) is 0.531. The van der Waals surface area contributed by atoms with Gasteiger partial charge in [-0.15, -0.1) is 0 Å². The predicted octanol–water partition coefficient (Wildman–Crippen LogP) is 2.58. The normalized spacial score (nSPS) is 20.0. The molecule has 10 nitrogen and oxygen atoms in total. The Morgan fingerprint density at radius 3 is 2.86 bits per heavy atom. The number of nitrogens with one attached hydrogen (secondary N) is 1. The fourth-order valence-electron chi connectivity index (χ4n) is 4.64. The van der Waals surface area contributed by atoms with Crippen LogP contribution in [0.5, 0.6) is 0 Å². The Kier molecular flexibility index (Phi) is 6.26. The predicted molar refractivity (Wildman–Crippen MR) is 132 cm³/mol. The number of hydroxylamine groups is 2. The van der Waals surface area contributed by atoms with Crippen molar-refractivity contribution >= 4 is 23.1 Å². The number of benzene rings is 1. The first kappa shape index (κ1) is 23.4. The summed E-state index contributed by atoms with van der Waals surface area (Å²) in [5.41, 5.74) is 4.81. The summed E-state index contributed by atoms with van der Waals surface area (Å²) in [6, 6.07) is 7.84. The number of aliphatic hydroxyl groups excluding tert-OH is 1. The number of aryl methyl sites for hydroxylation is 1. The summed E-state index contributed by atoms with van der Waals surface area (Å²) in [5.74, 6) is 1.19. The molecule has 2 aliphatic heterocycles. The van der Waals surface area contributed by atoms with Crippen LogP contribution in [0.4, 0.5) is 17.3 Å². The minimum absolute atomic E-state index is 0.0134. The number of ketones is 1. The lowest BCUT2D eigenvalue weighted by Crippen LogP contribution is -2.23. The monoisotopic (exact) mass is 477 g/mol. The third kappa shape index (κ3) is 4.77. The summed E-state index contributed by atoms with van der Waals surface area (Å²) in [5, 5.41) is 19.3. The average Bonchev–Trinajstić information content (AvgIpc) is 3.51. The summed E-state index contributed by atoms with van der Waals surface area (Å²) in [6.45, 7) is 7.88. The molecule has 2 atom stereocenters. The smallest absolute Gasteiger partial charge is 0.229 e. The number of hydrogen-bond acceptors (Lipinski definition) is 9. The van der Waals surface area contributed by atoms with Gasteiger partial charge in [-0.25, -0.2) is 9.67 Å². The minimum Gasteiger partial charge on any atom is -0.389 e. The second-order valence-electron chi connectivity index (χ2n) is 9.58. The molecular formula is C25H31N7O3. The molecule has 0 spiro atoms. The number of Topliss-reactive ketones (excluding diaryl/α,β-unsaturated/α-hetero) is 1. The molecule has 1 fully saturated rings. The number of aliphatic hydroxyl groups is 1. The van der Waals surface area contributed by atoms with Crippen LogP contribution in [0.2, 0.25) is 0 Å². The first-order chi connectivity index (χ1) is 16.8. The topological polar surface area (TPSA) is 109 Å². The van der Waals surface area contributed by atoms with Crippen LogP contribution < -0.4 is 10.2 Å². The van der Waals surface area contributed by atoms with Gasteiger partial charge in [0.05, 0.1) is 37.4 Å². The Hall–Kier alpha value is -3.34. The first-order valence-electron chi connectivity index (χ1n) is 11.9. The lowest BCUT2D eigenvalue weighted by Gasteiger charge is -2.13. The number of carbonyl (C=O) groups excluding carboxylic acids is 1. The molecule has 0 saturated carbocycles. The molecule has 184 valence electrons. The van der Waals surface area contributed by atoms with Crippen LogP contribution in [-0.2, 0) is 16.2 Å². The summed E-state index contributed by atoms with van der Waals surface area (Å²) in [6.07, 6.45) is 3.15. The molecule has 2 unspecified atom stereocenters. The van der Waals surface area contributed by atoms with Crippen molar-refractivity contribution in [2.75, 3.05) is 37.0 Å². The number of β-amino-alcohol motifs (C(OH)–C–C–N with tert-alkyl or cyclic N) is 1. The van der Waals surface area contributed by atoms with Crippen LogP contribution in [0.3, 0.4) is 0 Å². The molecule has 4 heterocycles. The van der Waals surface area contributed by atoms with Crippen molar-refractivity contribution in [3.8, 4) is 5.82 Å². The molecule has 2 N–H and O–H groups in total. The standard InChI is InChI=1S/C25H31N7O3/c1-15(2)24(34)21-13-30(4)22-6-5-18(9-20(21)22)27-25-26-8-7-23(28-25)32-11-17(16(3)29-32)10-31-12-19(33)14-35-31/h5-9,11,15,19,21,33H,10,12-14H2,1-4H3,(H,26,27,28). The van der Waals surface area contributed by atoms with Gasteiger partial charge >= 0.3 is 0 Å². The minimum atomic E-state index is -0.459. The Morgan fingerprint density at radius 1 is 1.29 bits per heavy atom. The Labute approximate surface area is 204 Å². The van der Waals surface area contributed by atoms with Gasteiger partial charge in [0.25, 0.3) is 0 Å². The number of anilines is 3. The van der Waals surface area contributed by atoms with Gasteiger partial charge in [-0.2, -0.15) is 15.1 Å². The van der Waals surface area contributed by atoms with E-state index in [4.69, 9.17) is 4.84 Å². The maximum Gasteiger partial charge on any atom is 0.229 e. The molecule has 2 aromatic heterocycles. The highest BCUT2D eigenvalue weighted by Gasteiger charge is 2.33. The molecule has 3 aromatic rings. The summed E-state index contributed by atoms with van der Waals surface area (Å²) >= 11 is 0. The van der Waals surface area contributed by atoms with Gasteiger partial charge in [0.15, 0.2) is 5.82 Å². The highest BCUT2D eigenvalue weighted by molar-refractivity contribution is 5.92. The zero-order valence-corrected chi connectivity index (χ0v) is 20.5.